The van der Waals surface area contributed by atoms with Gasteiger partial charge in [0.1, 0.15) is 18.1 Å². The van der Waals surface area contributed by atoms with Crippen LogP contribution in [-0.2, 0) is 4.79 Å². The largest absolute Gasteiger partial charge is 0.494 e. The second kappa shape index (κ2) is 8.63. The number of carbonyl (C=O) groups is 1. The van der Waals surface area contributed by atoms with Crippen molar-refractivity contribution in [3.05, 3.63) is 24.3 Å². The number of benzene rings is 1. The van der Waals surface area contributed by atoms with Crippen LogP contribution < -0.4 is 14.8 Å². The zero-order valence-electron chi connectivity index (χ0n) is 14.3. The van der Waals surface area contributed by atoms with Gasteiger partial charge >= 0.3 is 0 Å². The van der Waals surface area contributed by atoms with Crippen LogP contribution in [0.5, 0.6) is 11.5 Å². The second-order valence-corrected chi connectivity index (χ2v) is 6.29. The van der Waals surface area contributed by atoms with Crippen LogP contribution in [0.2, 0.25) is 0 Å². The SMILES string of the molecule is CCOc1ccc(OCCN(C)CC(=O)NC(C)(C)C)cc1. The lowest BCUT2D eigenvalue weighted by molar-refractivity contribution is -0.123. The Morgan fingerprint density at radius 1 is 1.14 bits per heavy atom. The molecule has 1 amide bonds. The van der Waals surface area contributed by atoms with Crippen molar-refractivity contribution in [2.24, 2.45) is 0 Å². The van der Waals surface area contributed by atoms with Crippen LogP contribution in [0.4, 0.5) is 0 Å². The number of ether oxygens (including phenoxy) is 2. The van der Waals surface area contributed by atoms with Crippen molar-refractivity contribution in [2.45, 2.75) is 33.2 Å². The van der Waals surface area contributed by atoms with Gasteiger partial charge in [-0.25, -0.2) is 0 Å². The molecule has 1 aromatic rings. The van der Waals surface area contributed by atoms with Crippen LogP contribution in [0.3, 0.4) is 0 Å². The molecule has 1 aromatic carbocycles. The number of rotatable bonds is 8. The second-order valence-electron chi connectivity index (χ2n) is 6.29. The van der Waals surface area contributed by atoms with E-state index in [-0.39, 0.29) is 11.4 Å². The maximum absolute atomic E-state index is 11.8. The van der Waals surface area contributed by atoms with E-state index in [0.29, 0.717) is 26.3 Å². The minimum absolute atomic E-state index is 0.0241. The molecule has 0 aromatic heterocycles. The highest BCUT2D eigenvalue weighted by atomic mass is 16.5. The fourth-order valence-corrected chi connectivity index (χ4v) is 1.90. The molecule has 0 heterocycles. The van der Waals surface area contributed by atoms with Crippen LogP contribution in [0, 0.1) is 0 Å². The van der Waals surface area contributed by atoms with Crippen molar-refractivity contribution in [3.8, 4) is 11.5 Å². The first-order chi connectivity index (χ1) is 10.3. The molecule has 124 valence electrons. The Bertz CT molecular complexity index is 452. The Kier molecular flexibility index (Phi) is 7.18. The molecule has 0 aliphatic rings. The van der Waals surface area contributed by atoms with Crippen LogP contribution in [0.15, 0.2) is 24.3 Å². The predicted molar refractivity (Wildman–Crippen MR) is 88.5 cm³/mol. The molecular weight excluding hydrogens is 280 g/mol. The smallest absolute Gasteiger partial charge is 0.234 e. The number of hydrogen-bond donors (Lipinski definition) is 1. The van der Waals surface area contributed by atoms with Gasteiger partial charge in [0, 0.05) is 12.1 Å². The number of hydrogen-bond acceptors (Lipinski definition) is 4. The van der Waals surface area contributed by atoms with E-state index in [1.54, 1.807) is 0 Å². The quantitative estimate of drug-likeness (QED) is 0.801. The van der Waals surface area contributed by atoms with Gasteiger partial charge in [-0.15, -0.1) is 0 Å². The van der Waals surface area contributed by atoms with Crippen molar-refractivity contribution < 1.29 is 14.3 Å². The summed E-state index contributed by atoms with van der Waals surface area (Å²) in [5, 5.41) is 2.94. The molecule has 5 nitrogen and oxygen atoms in total. The van der Waals surface area contributed by atoms with Gasteiger partial charge in [-0.05, 0) is 59.0 Å². The first-order valence-electron chi connectivity index (χ1n) is 7.65. The molecule has 1 N–H and O–H groups in total. The lowest BCUT2D eigenvalue weighted by Gasteiger charge is -2.23. The van der Waals surface area contributed by atoms with Crippen LogP contribution in [-0.4, -0.2) is 49.7 Å². The molecule has 0 unspecified atom stereocenters. The summed E-state index contributed by atoms with van der Waals surface area (Å²) in [6.45, 7) is 10.1. The summed E-state index contributed by atoms with van der Waals surface area (Å²) in [6, 6.07) is 7.55. The van der Waals surface area contributed by atoms with Gasteiger partial charge in [-0.3, -0.25) is 9.69 Å². The summed E-state index contributed by atoms with van der Waals surface area (Å²) < 4.78 is 11.0. The Morgan fingerprint density at radius 3 is 2.18 bits per heavy atom. The fourth-order valence-electron chi connectivity index (χ4n) is 1.90. The summed E-state index contributed by atoms with van der Waals surface area (Å²) in [4.78, 5) is 13.7. The molecule has 22 heavy (non-hydrogen) atoms. The first-order valence-corrected chi connectivity index (χ1v) is 7.65. The number of likely N-dealkylation sites (N-methyl/N-ethyl adjacent to an activating group) is 1. The van der Waals surface area contributed by atoms with Crippen molar-refractivity contribution in [3.63, 3.8) is 0 Å². The first kappa shape index (κ1) is 18.3. The van der Waals surface area contributed by atoms with Crippen molar-refractivity contribution in [1.29, 1.82) is 0 Å². The van der Waals surface area contributed by atoms with Gasteiger partial charge in [0.25, 0.3) is 0 Å². The summed E-state index contributed by atoms with van der Waals surface area (Å²) in [6.07, 6.45) is 0. The summed E-state index contributed by atoms with van der Waals surface area (Å²) >= 11 is 0. The van der Waals surface area contributed by atoms with E-state index < -0.39 is 0 Å². The van der Waals surface area contributed by atoms with Crippen LogP contribution in [0.25, 0.3) is 0 Å². The maximum atomic E-state index is 11.8. The maximum Gasteiger partial charge on any atom is 0.234 e. The Balaban J connectivity index is 2.27. The van der Waals surface area contributed by atoms with Gasteiger partial charge < -0.3 is 14.8 Å². The summed E-state index contributed by atoms with van der Waals surface area (Å²) in [7, 11) is 1.91. The van der Waals surface area contributed by atoms with E-state index in [1.165, 1.54) is 0 Å². The Labute approximate surface area is 133 Å². The van der Waals surface area contributed by atoms with Crippen LogP contribution in [0.1, 0.15) is 27.7 Å². The molecule has 0 aliphatic heterocycles. The average Bonchev–Trinajstić information content (AvgIpc) is 2.38. The van der Waals surface area contributed by atoms with E-state index in [2.05, 4.69) is 5.32 Å². The fraction of sp³-hybridized carbons (Fsp3) is 0.588. The minimum Gasteiger partial charge on any atom is -0.494 e. The van der Waals surface area contributed by atoms with Gasteiger partial charge in [-0.2, -0.15) is 0 Å². The summed E-state index contributed by atoms with van der Waals surface area (Å²) in [5.74, 6) is 1.66. The van der Waals surface area contributed by atoms with Crippen molar-refractivity contribution >= 4 is 5.91 Å². The van der Waals surface area contributed by atoms with Crippen LogP contribution >= 0.6 is 0 Å². The summed E-state index contributed by atoms with van der Waals surface area (Å²) in [5.41, 5.74) is -0.198. The lowest BCUT2D eigenvalue weighted by Crippen LogP contribution is -2.45. The highest BCUT2D eigenvalue weighted by Crippen LogP contribution is 2.17. The van der Waals surface area contributed by atoms with Gasteiger partial charge in [0.05, 0.1) is 13.2 Å². The topological polar surface area (TPSA) is 50.8 Å². The third kappa shape index (κ3) is 7.88. The highest BCUT2D eigenvalue weighted by molar-refractivity contribution is 5.78. The van der Waals surface area contributed by atoms with E-state index in [0.717, 1.165) is 11.5 Å². The Morgan fingerprint density at radius 2 is 1.68 bits per heavy atom. The lowest BCUT2D eigenvalue weighted by atomic mass is 10.1. The molecular formula is C17H28N2O3. The van der Waals surface area contributed by atoms with E-state index >= 15 is 0 Å². The number of nitrogens with zero attached hydrogens (tertiary/aromatic N) is 1. The van der Waals surface area contributed by atoms with Gasteiger partial charge in [-0.1, -0.05) is 0 Å². The molecule has 0 aliphatic carbocycles. The normalized spacial score (nSPS) is 11.4. The minimum atomic E-state index is -0.198. The molecule has 1 rings (SSSR count). The molecule has 0 atom stereocenters. The average molecular weight is 308 g/mol. The molecule has 0 spiro atoms. The Hall–Kier alpha value is -1.75. The van der Waals surface area contributed by atoms with E-state index in [4.69, 9.17) is 9.47 Å². The molecule has 0 saturated heterocycles. The molecule has 0 bridgehead atoms. The monoisotopic (exact) mass is 308 g/mol. The number of carbonyl (C=O) groups excluding carboxylic acids is 1. The third-order valence-electron chi connectivity index (χ3n) is 2.80. The zero-order chi connectivity index (χ0) is 16.6. The number of nitrogens with one attached hydrogen (secondary N) is 1. The predicted octanol–water partition coefficient (Wildman–Crippen LogP) is 2.31. The molecule has 0 radical (unpaired) electrons. The molecule has 5 heteroatoms. The van der Waals surface area contributed by atoms with Crippen molar-refractivity contribution in [1.82, 2.24) is 10.2 Å². The zero-order valence-corrected chi connectivity index (χ0v) is 14.3. The molecule has 0 saturated carbocycles. The van der Waals surface area contributed by atoms with E-state index in [9.17, 15) is 4.79 Å². The molecule has 0 fully saturated rings. The van der Waals surface area contributed by atoms with E-state index in [1.807, 2.05) is 63.9 Å². The van der Waals surface area contributed by atoms with Gasteiger partial charge in [0.2, 0.25) is 5.91 Å². The van der Waals surface area contributed by atoms with Gasteiger partial charge in [0.15, 0.2) is 0 Å². The number of amides is 1. The standard InChI is InChI=1S/C17H28N2O3/c1-6-21-14-7-9-15(10-8-14)22-12-11-19(5)13-16(20)18-17(2,3)4/h7-10H,6,11-13H2,1-5H3,(H,18,20). The van der Waals surface area contributed by atoms with Crippen molar-refractivity contribution in [2.75, 3.05) is 33.4 Å². The highest BCUT2D eigenvalue weighted by Gasteiger charge is 2.14. The third-order valence-corrected chi connectivity index (χ3v) is 2.80.